The zero-order valence-electron chi connectivity index (χ0n) is 11.0. The Bertz CT molecular complexity index is 621. The lowest BCUT2D eigenvalue weighted by Gasteiger charge is -2.10. The van der Waals surface area contributed by atoms with Gasteiger partial charge in [-0.15, -0.1) is 0 Å². The van der Waals surface area contributed by atoms with Gasteiger partial charge in [-0.2, -0.15) is 16.9 Å². The van der Waals surface area contributed by atoms with E-state index in [-0.39, 0.29) is 0 Å². The Kier molecular flexibility index (Phi) is 3.46. The van der Waals surface area contributed by atoms with Gasteiger partial charge in [0.25, 0.3) is 0 Å². The van der Waals surface area contributed by atoms with Gasteiger partial charge in [-0.3, -0.25) is 0 Å². The molecule has 1 aliphatic rings. The number of halogens is 1. The summed E-state index contributed by atoms with van der Waals surface area (Å²) in [6, 6.07) is 5.96. The summed E-state index contributed by atoms with van der Waals surface area (Å²) in [4.78, 5) is 0. The van der Waals surface area contributed by atoms with Gasteiger partial charge >= 0.3 is 0 Å². The minimum absolute atomic E-state index is 0.783. The maximum Gasteiger partial charge on any atom is 0.133 e. The van der Waals surface area contributed by atoms with Gasteiger partial charge in [0.2, 0.25) is 0 Å². The molecule has 2 heterocycles. The molecule has 100 valence electrons. The Morgan fingerprint density at radius 3 is 3.11 bits per heavy atom. The predicted molar refractivity (Wildman–Crippen MR) is 82.7 cm³/mol. The zero-order valence-corrected chi connectivity index (χ0v) is 12.6. The van der Waals surface area contributed by atoms with Crippen LogP contribution in [0.5, 0.6) is 0 Å². The third kappa shape index (κ3) is 2.13. The van der Waals surface area contributed by atoms with E-state index < -0.39 is 0 Å². The lowest BCUT2D eigenvalue weighted by atomic mass is 10.2. The monoisotopic (exact) mass is 293 g/mol. The highest BCUT2D eigenvalue weighted by molar-refractivity contribution is 7.97. The molecule has 0 atom stereocenters. The van der Waals surface area contributed by atoms with E-state index in [2.05, 4.69) is 17.6 Å². The fourth-order valence-corrected chi connectivity index (χ4v) is 3.17. The molecule has 0 unspecified atom stereocenters. The van der Waals surface area contributed by atoms with E-state index in [1.54, 1.807) is 11.8 Å². The van der Waals surface area contributed by atoms with E-state index in [1.807, 2.05) is 23.7 Å². The quantitative estimate of drug-likeness (QED) is 0.936. The minimum atomic E-state index is 0.783. The van der Waals surface area contributed by atoms with Crippen LogP contribution in [0.1, 0.15) is 16.8 Å². The lowest BCUT2D eigenvalue weighted by Crippen LogP contribution is -2.06. The molecular weight excluding hydrogens is 278 g/mol. The Hall–Kier alpha value is -1.13. The second-order valence-electron chi connectivity index (χ2n) is 4.68. The van der Waals surface area contributed by atoms with Gasteiger partial charge in [-0.1, -0.05) is 17.7 Å². The van der Waals surface area contributed by atoms with Crippen LogP contribution in [-0.4, -0.2) is 22.6 Å². The van der Waals surface area contributed by atoms with Crippen molar-refractivity contribution in [1.29, 1.82) is 0 Å². The van der Waals surface area contributed by atoms with Gasteiger partial charge < -0.3 is 5.32 Å². The fourth-order valence-electron chi connectivity index (χ4n) is 2.50. The second-order valence-corrected chi connectivity index (χ2v) is 5.95. The summed E-state index contributed by atoms with van der Waals surface area (Å²) in [5, 5.41) is 8.99. The number of rotatable bonds is 3. The number of aromatic nitrogens is 2. The fraction of sp³-hybridized carbons (Fsp3) is 0.357. The maximum absolute atomic E-state index is 6.22. The number of thioether (sulfide) groups is 1. The van der Waals surface area contributed by atoms with Crippen LogP contribution in [0.4, 0.5) is 5.82 Å². The van der Waals surface area contributed by atoms with Crippen molar-refractivity contribution >= 4 is 29.2 Å². The molecule has 1 aromatic heterocycles. The molecule has 3 nitrogen and oxygen atoms in total. The number of hydrogen-bond donors (Lipinski definition) is 1. The molecule has 1 aromatic carbocycles. The van der Waals surface area contributed by atoms with Crippen LogP contribution >= 0.6 is 23.4 Å². The Labute approximate surface area is 122 Å². The van der Waals surface area contributed by atoms with Crippen LogP contribution in [-0.2, 0) is 12.2 Å². The number of fused-ring (bicyclic) bond motifs is 1. The van der Waals surface area contributed by atoms with E-state index in [1.165, 1.54) is 11.3 Å². The standard InChI is InChI=1S/C14H16ClN3S/c1-9-11(15)4-3-5-13(9)18-14-10(6-7-16-14)12(17-18)8-19-2/h3-5,16H,6-8H2,1-2H3. The topological polar surface area (TPSA) is 29.9 Å². The van der Waals surface area contributed by atoms with Gasteiger partial charge in [0.15, 0.2) is 0 Å². The van der Waals surface area contributed by atoms with Crippen LogP contribution in [0.2, 0.25) is 5.02 Å². The Morgan fingerprint density at radius 1 is 1.47 bits per heavy atom. The molecule has 0 fully saturated rings. The summed E-state index contributed by atoms with van der Waals surface area (Å²) in [5.74, 6) is 2.09. The molecule has 1 aliphatic heterocycles. The summed E-state index contributed by atoms with van der Waals surface area (Å²) < 4.78 is 2.01. The van der Waals surface area contributed by atoms with E-state index >= 15 is 0 Å². The minimum Gasteiger partial charge on any atom is -0.369 e. The highest BCUT2D eigenvalue weighted by Crippen LogP contribution is 2.32. The van der Waals surface area contributed by atoms with Gasteiger partial charge in [-0.05, 0) is 37.3 Å². The molecule has 19 heavy (non-hydrogen) atoms. The van der Waals surface area contributed by atoms with Gasteiger partial charge in [0.1, 0.15) is 5.82 Å². The number of nitrogens with zero attached hydrogens (tertiary/aromatic N) is 2. The number of nitrogens with one attached hydrogen (secondary N) is 1. The molecule has 1 N–H and O–H groups in total. The van der Waals surface area contributed by atoms with Crippen molar-refractivity contribution in [3.8, 4) is 5.69 Å². The SMILES string of the molecule is CSCc1nn(-c2cccc(Cl)c2C)c2c1CCN2. The number of hydrogen-bond acceptors (Lipinski definition) is 3. The highest BCUT2D eigenvalue weighted by Gasteiger charge is 2.23. The molecule has 3 rings (SSSR count). The summed E-state index contributed by atoms with van der Waals surface area (Å²) in [5.41, 5.74) is 4.67. The average Bonchev–Trinajstić information content (AvgIpc) is 2.97. The Balaban J connectivity index is 2.15. The molecule has 0 spiro atoms. The molecular formula is C14H16ClN3S. The number of anilines is 1. The maximum atomic E-state index is 6.22. The van der Waals surface area contributed by atoms with Crippen molar-refractivity contribution in [1.82, 2.24) is 9.78 Å². The van der Waals surface area contributed by atoms with E-state index in [9.17, 15) is 0 Å². The normalized spacial score (nSPS) is 13.4. The summed E-state index contributed by atoms with van der Waals surface area (Å²) in [7, 11) is 0. The first-order valence-corrected chi connectivity index (χ1v) is 8.08. The lowest BCUT2D eigenvalue weighted by molar-refractivity contribution is 0.847. The third-order valence-corrected chi connectivity index (χ3v) is 4.45. The van der Waals surface area contributed by atoms with Crippen molar-refractivity contribution in [2.75, 3.05) is 18.1 Å². The predicted octanol–water partition coefficient (Wildman–Crippen LogP) is 3.67. The van der Waals surface area contributed by atoms with E-state index in [4.69, 9.17) is 16.7 Å². The molecule has 2 aromatic rings. The van der Waals surface area contributed by atoms with Crippen LogP contribution in [0, 0.1) is 6.92 Å². The molecule has 0 saturated heterocycles. The van der Waals surface area contributed by atoms with Crippen molar-refractivity contribution in [2.45, 2.75) is 19.1 Å². The molecule has 0 radical (unpaired) electrons. The van der Waals surface area contributed by atoms with Crippen molar-refractivity contribution in [3.63, 3.8) is 0 Å². The largest absolute Gasteiger partial charge is 0.369 e. The summed E-state index contributed by atoms with van der Waals surface area (Å²) in [6.07, 6.45) is 3.17. The molecule has 5 heteroatoms. The average molecular weight is 294 g/mol. The zero-order chi connectivity index (χ0) is 13.4. The molecule has 0 saturated carbocycles. The second kappa shape index (κ2) is 5.10. The van der Waals surface area contributed by atoms with Crippen molar-refractivity contribution < 1.29 is 0 Å². The first-order chi connectivity index (χ1) is 9.22. The first-order valence-electron chi connectivity index (χ1n) is 6.31. The van der Waals surface area contributed by atoms with Crippen molar-refractivity contribution in [3.05, 3.63) is 40.0 Å². The van der Waals surface area contributed by atoms with Gasteiger partial charge in [0, 0.05) is 22.9 Å². The molecule has 0 aliphatic carbocycles. The summed E-state index contributed by atoms with van der Waals surface area (Å²) in [6.45, 7) is 3.03. The first kappa shape index (κ1) is 12.9. The highest BCUT2D eigenvalue weighted by atomic mass is 35.5. The van der Waals surface area contributed by atoms with Gasteiger partial charge in [0.05, 0.1) is 11.4 Å². The van der Waals surface area contributed by atoms with Gasteiger partial charge in [-0.25, -0.2) is 4.68 Å². The van der Waals surface area contributed by atoms with E-state index in [0.29, 0.717) is 0 Å². The van der Waals surface area contributed by atoms with Crippen LogP contribution in [0.15, 0.2) is 18.2 Å². The molecule has 0 bridgehead atoms. The van der Waals surface area contributed by atoms with Crippen LogP contribution < -0.4 is 5.32 Å². The van der Waals surface area contributed by atoms with Crippen LogP contribution in [0.3, 0.4) is 0 Å². The number of benzene rings is 1. The summed E-state index contributed by atoms with van der Waals surface area (Å²) >= 11 is 8.02. The van der Waals surface area contributed by atoms with Crippen LogP contribution in [0.25, 0.3) is 5.69 Å². The molecule has 0 amide bonds. The van der Waals surface area contributed by atoms with E-state index in [0.717, 1.165) is 40.8 Å². The third-order valence-electron chi connectivity index (χ3n) is 3.48. The van der Waals surface area contributed by atoms with Crippen molar-refractivity contribution in [2.24, 2.45) is 0 Å². The Morgan fingerprint density at radius 2 is 2.32 bits per heavy atom. The smallest absolute Gasteiger partial charge is 0.133 e.